The smallest absolute Gasteiger partial charge is 0.223 e. The molecule has 0 spiro atoms. The summed E-state index contributed by atoms with van der Waals surface area (Å²) in [6.45, 7) is 3.92. The summed E-state index contributed by atoms with van der Waals surface area (Å²) in [6, 6.07) is 9.45. The molecule has 0 amide bonds. The van der Waals surface area contributed by atoms with E-state index < -0.39 is 0 Å². The molecule has 0 saturated heterocycles. The Morgan fingerprint density at radius 3 is 2.35 bits per heavy atom. The number of ether oxygens (including phenoxy) is 1. The summed E-state index contributed by atoms with van der Waals surface area (Å²) in [6.07, 6.45) is 2.88. The van der Waals surface area contributed by atoms with E-state index in [9.17, 15) is 5.21 Å². The summed E-state index contributed by atoms with van der Waals surface area (Å²) in [7, 11) is 0. The minimum Gasteiger partial charge on any atom is -0.619 e. The number of nitrogens with zero attached hydrogens (tertiary/aromatic N) is 1. The minimum absolute atomic E-state index is 0. The summed E-state index contributed by atoms with van der Waals surface area (Å²) >= 11 is 0. The lowest BCUT2D eigenvalue weighted by atomic mass is 10.2. The molecule has 0 unspecified atom stereocenters. The van der Waals surface area contributed by atoms with Crippen LogP contribution in [0.25, 0.3) is 0 Å². The standard InChI is InChI=1S/C13H13NO2.ClH/c1-10-3-5-12(6-4-10)16-13-9-14(15)8-7-11(13)2;/h3-9H,1-2H3;1H. The molecular formula is C13H14ClNO2. The highest BCUT2D eigenvalue weighted by molar-refractivity contribution is 5.85. The highest BCUT2D eigenvalue weighted by Gasteiger charge is 2.05. The van der Waals surface area contributed by atoms with Gasteiger partial charge in [-0.05, 0) is 26.0 Å². The summed E-state index contributed by atoms with van der Waals surface area (Å²) in [5, 5.41) is 11.1. The van der Waals surface area contributed by atoms with E-state index in [-0.39, 0.29) is 12.4 Å². The van der Waals surface area contributed by atoms with Crippen LogP contribution in [0.1, 0.15) is 11.1 Å². The third-order valence-corrected chi connectivity index (χ3v) is 2.35. The molecule has 0 atom stereocenters. The molecule has 17 heavy (non-hydrogen) atoms. The molecule has 0 aliphatic heterocycles. The van der Waals surface area contributed by atoms with Crippen molar-refractivity contribution in [3.05, 3.63) is 59.1 Å². The number of hydrogen-bond donors (Lipinski definition) is 0. The Hall–Kier alpha value is -1.74. The molecule has 90 valence electrons. The van der Waals surface area contributed by atoms with Crippen molar-refractivity contribution in [3.8, 4) is 11.5 Å². The Kier molecular flexibility index (Phi) is 4.35. The molecule has 0 saturated carbocycles. The van der Waals surface area contributed by atoms with E-state index in [2.05, 4.69) is 0 Å². The first-order chi connectivity index (χ1) is 7.65. The Morgan fingerprint density at radius 2 is 1.71 bits per heavy atom. The van der Waals surface area contributed by atoms with Gasteiger partial charge in [-0.15, -0.1) is 12.4 Å². The van der Waals surface area contributed by atoms with Gasteiger partial charge in [-0.3, -0.25) is 0 Å². The molecule has 1 heterocycles. The first-order valence-electron chi connectivity index (χ1n) is 5.09. The highest BCUT2D eigenvalue weighted by Crippen LogP contribution is 2.23. The molecule has 0 aliphatic carbocycles. The maximum Gasteiger partial charge on any atom is 0.223 e. The van der Waals surface area contributed by atoms with Crippen LogP contribution in [0.5, 0.6) is 11.5 Å². The van der Waals surface area contributed by atoms with Crippen molar-refractivity contribution in [2.75, 3.05) is 0 Å². The number of aromatic nitrogens is 1. The monoisotopic (exact) mass is 251 g/mol. The first kappa shape index (κ1) is 13.3. The molecule has 0 fully saturated rings. The van der Waals surface area contributed by atoms with Gasteiger partial charge in [-0.25, -0.2) is 0 Å². The highest BCUT2D eigenvalue weighted by atomic mass is 35.5. The predicted molar refractivity (Wildman–Crippen MR) is 68.6 cm³/mol. The quantitative estimate of drug-likeness (QED) is 0.607. The zero-order valence-corrected chi connectivity index (χ0v) is 10.5. The second-order valence-corrected chi connectivity index (χ2v) is 3.77. The van der Waals surface area contributed by atoms with Crippen LogP contribution in [0, 0.1) is 19.1 Å². The van der Waals surface area contributed by atoms with Crippen LogP contribution in [0.3, 0.4) is 0 Å². The Labute approximate surface area is 107 Å². The largest absolute Gasteiger partial charge is 0.619 e. The average molecular weight is 252 g/mol. The van der Waals surface area contributed by atoms with Crippen molar-refractivity contribution in [3.63, 3.8) is 0 Å². The molecule has 0 bridgehead atoms. The average Bonchev–Trinajstić information content (AvgIpc) is 2.27. The molecule has 2 rings (SSSR count). The fraction of sp³-hybridized carbons (Fsp3) is 0.154. The first-order valence-corrected chi connectivity index (χ1v) is 5.09. The number of aryl methyl sites for hydroxylation is 2. The zero-order valence-electron chi connectivity index (χ0n) is 9.71. The van der Waals surface area contributed by atoms with Crippen molar-refractivity contribution in [2.24, 2.45) is 0 Å². The summed E-state index contributed by atoms with van der Waals surface area (Å²) in [4.78, 5) is 0. The molecule has 0 radical (unpaired) electrons. The second-order valence-electron chi connectivity index (χ2n) is 3.77. The van der Waals surface area contributed by atoms with Crippen molar-refractivity contribution < 1.29 is 9.47 Å². The number of benzene rings is 1. The lowest BCUT2D eigenvalue weighted by molar-refractivity contribution is -0.605. The van der Waals surface area contributed by atoms with E-state index in [1.54, 1.807) is 6.07 Å². The lowest BCUT2D eigenvalue weighted by Crippen LogP contribution is -2.24. The minimum atomic E-state index is 0. The number of rotatable bonds is 2. The van der Waals surface area contributed by atoms with Crippen LogP contribution in [0.15, 0.2) is 42.7 Å². The van der Waals surface area contributed by atoms with Crippen LogP contribution in [0.4, 0.5) is 0 Å². The number of pyridine rings is 1. The van der Waals surface area contributed by atoms with E-state index in [0.717, 1.165) is 16.0 Å². The van der Waals surface area contributed by atoms with Crippen LogP contribution in [-0.4, -0.2) is 0 Å². The van der Waals surface area contributed by atoms with Crippen molar-refractivity contribution >= 4 is 12.4 Å². The molecule has 0 aliphatic rings. The second kappa shape index (κ2) is 5.55. The molecule has 1 aromatic heterocycles. The van der Waals surface area contributed by atoms with E-state index >= 15 is 0 Å². The maximum absolute atomic E-state index is 11.1. The topological polar surface area (TPSA) is 36.2 Å². The van der Waals surface area contributed by atoms with Crippen molar-refractivity contribution in [2.45, 2.75) is 13.8 Å². The van der Waals surface area contributed by atoms with Gasteiger partial charge in [0.05, 0.1) is 0 Å². The van der Waals surface area contributed by atoms with Crippen LogP contribution < -0.4 is 9.47 Å². The van der Waals surface area contributed by atoms with Gasteiger partial charge in [-0.2, -0.15) is 4.73 Å². The zero-order chi connectivity index (χ0) is 11.5. The van der Waals surface area contributed by atoms with Crippen LogP contribution in [-0.2, 0) is 0 Å². The van der Waals surface area contributed by atoms with Gasteiger partial charge in [0.25, 0.3) is 0 Å². The summed E-state index contributed by atoms with van der Waals surface area (Å²) in [5.41, 5.74) is 2.11. The summed E-state index contributed by atoms with van der Waals surface area (Å²) in [5.74, 6) is 1.32. The van der Waals surface area contributed by atoms with E-state index in [4.69, 9.17) is 4.74 Å². The normalized spacial score (nSPS) is 9.53. The molecular weight excluding hydrogens is 238 g/mol. The fourth-order valence-corrected chi connectivity index (χ4v) is 1.37. The number of halogens is 1. The summed E-state index contributed by atoms with van der Waals surface area (Å²) < 4.78 is 6.36. The van der Waals surface area contributed by atoms with Gasteiger partial charge in [0.2, 0.25) is 6.20 Å². The molecule has 2 aromatic rings. The van der Waals surface area contributed by atoms with E-state index in [1.165, 1.54) is 18.0 Å². The van der Waals surface area contributed by atoms with Crippen molar-refractivity contribution in [1.29, 1.82) is 0 Å². The Bertz CT molecular complexity index is 497. The van der Waals surface area contributed by atoms with Crippen molar-refractivity contribution in [1.82, 2.24) is 0 Å². The fourth-order valence-electron chi connectivity index (χ4n) is 1.37. The lowest BCUT2D eigenvalue weighted by Gasteiger charge is -2.07. The van der Waals surface area contributed by atoms with E-state index in [1.807, 2.05) is 38.1 Å². The third-order valence-electron chi connectivity index (χ3n) is 2.35. The third kappa shape index (κ3) is 3.36. The van der Waals surface area contributed by atoms with E-state index in [0.29, 0.717) is 5.75 Å². The van der Waals surface area contributed by atoms with Gasteiger partial charge in [0.1, 0.15) is 5.75 Å². The van der Waals surface area contributed by atoms with Gasteiger partial charge < -0.3 is 9.94 Å². The Balaban J connectivity index is 0.00000144. The molecule has 3 nitrogen and oxygen atoms in total. The van der Waals surface area contributed by atoms with Gasteiger partial charge in [-0.1, -0.05) is 17.7 Å². The Morgan fingerprint density at radius 1 is 1.06 bits per heavy atom. The SMILES string of the molecule is Cc1ccc(Oc2c[n+]([O-])ccc2C)cc1.Cl. The number of hydrogen-bond acceptors (Lipinski definition) is 2. The van der Waals surface area contributed by atoms with Gasteiger partial charge >= 0.3 is 0 Å². The van der Waals surface area contributed by atoms with Crippen LogP contribution >= 0.6 is 12.4 Å². The van der Waals surface area contributed by atoms with Gasteiger partial charge in [0.15, 0.2) is 11.9 Å². The predicted octanol–water partition coefficient (Wildman–Crippen LogP) is 3.15. The van der Waals surface area contributed by atoms with Gasteiger partial charge in [0, 0.05) is 11.6 Å². The van der Waals surface area contributed by atoms with Crippen LogP contribution in [0.2, 0.25) is 0 Å². The maximum atomic E-state index is 11.1. The molecule has 1 aromatic carbocycles. The molecule has 0 N–H and O–H groups in total. The molecule has 4 heteroatoms.